The van der Waals surface area contributed by atoms with E-state index in [2.05, 4.69) is 58.0 Å². The SMILES string of the molecule is CCCNC(c1cccnc1)c1ccc(I)c(Cl)c1. The van der Waals surface area contributed by atoms with Gasteiger partial charge in [0.25, 0.3) is 0 Å². The van der Waals surface area contributed by atoms with Crippen molar-refractivity contribution < 1.29 is 0 Å². The summed E-state index contributed by atoms with van der Waals surface area (Å²) in [4.78, 5) is 4.20. The first-order valence-electron chi connectivity index (χ1n) is 6.30. The van der Waals surface area contributed by atoms with Gasteiger partial charge in [-0.15, -0.1) is 0 Å². The molecule has 2 nitrogen and oxygen atoms in total. The van der Waals surface area contributed by atoms with Gasteiger partial charge in [0, 0.05) is 16.0 Å². The summed E-state index contributed by atoms with van der Waals surface area (Å²) in [6.45, 7) is 3.12. The highest BCUT2D eigenvalue weighted by atomic mass is 127. The van der Waals surface area contributed by atoms with Gasteiger partial charge in [0.1, 0.15) is 0 Å². The average Bonchev–Trinajstić information content (AvgIpc) is 2.44. The van der Waals surface area contributed by atoms with Crippen molar-refractivity contribution in [3.8, 4) is 0 Å². The second-order valence-electron chi connectivity index (χ2n) is 4.35. The molecular formula is C15H16ClIN2. The van der Waals surface area contributed by atoms with E-state index in [4.69, 9.17) is 11.6 Å². The molecule has 1 unspecified atom stereocenters. The van der Waals surface area contributed by atoms with E-state index in [1.165, 1.54) is 5.56 Å². The normalized spacial score (nSPS) is 12.4. The quantitative estimate of drug-likeness (QED) is 0.769. The van der Waals surface area contributed by atoms with Crippen molar-refractivity contribution in [3.05, 3.63) is 62.4 Å². The van der Waals surface area contributed by atoms with Crippen molar-refractivity contribution in [1.29, 1.82) is 0 Å². The highest BCUT2D eigenvalue weighted by Gasteiger charge is 2.14. The van der Waals surface area contributed by atoms with E-state index in [-0.39, 0.29) is 6.04 Å². The summed E-state index contributed by atoms with van der Waals surface area (Å²) >= 11 is 8.47. The number of aromatic nitrogens is 1. The largest absolute Gasteiger partial charge is 0.306 e. The maximum atomic E-state index is 6.23. The molecule has 1 N–H and O–H groups in total. The fourth-order valence-electron chi connectivity index (χ4n) is 1.96. The Bertz CT molecular complexity index is 531. The highest BCUT2D eigenvalue weighted by Crippen LogP contribution is 2.27. The molecule has 1 aromatic heterocycles. The van der Waals surface area contributed by atoms with E-state index in [0.29, 0.717) is 0 Å². The summed E-state index contributed by atoms with van der Waals surface area (Å²) in [6.07, 6.45) is 4.79. The van der Waals surface area contributed by atoms with E-state index in [1.807, 2.05) is 18.3 Å². The first kappa shape index (κ1) is 14.8. The van der Waals surface area contributed by atoms with Gasteiger partial charge in [-0.25, -0.2) is 0 Å². The van der Waals surface area contributed by atoms with Crippen LogP contribution in [0.3, 0.4) is 0 Å². The summed E-state index contributed by atoms with van der Waals surface area (Å²) < 4.78 is 1.07. The van der Waals surface area contributed by atoms with Crippen LogP contribution in [0.1, 0.15) is 30.5 Å². The Hall–Kier alpha value is -0.650. The Balaban J connectivity index is 2.34. The van der Waals surface area contributed by atoms with Gasteiger partial charge < -0.3 is 5.32 Å². The van der Waals surface area contributed by atoms with Crippen molar-refractivity contribution in [1.82, 2.24) is 10.3 Å². The number of hydrogen-bond acceptors (Lipinski definition) is 2. The minimum atomic E-state index is 0.142. The zero-order valence-corrected chi connectivity index (χ0v) is 13.6. The lowest BCUT2D eigenvalue weighted by Crippen LogP contribution is -2.23. The molecule has 0 amide bonds. The number of nitrogens with zero attached hydrogens (tertiary/aromatic N) is 1. The third-order valence-electron chi connectivity index (χ3n) is 2.89. The number of hydrogen-bond donors (Lipinski definition) is 1. The molecule has 2 aromatic rings. The predicted molar refractivity (Wildman–Crippen MR) is 88.5 cm³/mol. The van der Waals surface area contributed by atoms with Crippen LogP contribution in [0.5, 0.6) is 0 Å². The molecule has 0 aliphatic heterocycles. The van der Waals surface area contributed by atoms with Gasteiger partial charge in [0.05, 0.1) is 11.1 Å². The van der Waals surface area contributed by atoms with Crippen LogP contribution in [0.25, 0.3) is 0 Å². The standard InChI is InChI=1S/C15H16ClIN2/c1-2-7-19-15(12-4-3-8-18-10-12)11-5-6-14(17)13(16)9-11/h3-6,8-10,15,19H,2,7H2,1H3. The van der Waals surface area contributed by atoms with Crippen LogP contribution in [-0.4, -0.2) is 11.5 Å². The lowest BCUT2D eigenvalue weighted by Gasteiger charge is -2.19. The number of halogens is 2. The number of nitrogens with one attached hydrogen (secondary N) is 1. The molecule has 1 heterocycles. The Morgan fingerprint density at radius 1 is 1.32 bits per heavy atom. The van der Waals surface area contributed by atoms with E-state index in [9.17, 15) is 0 Å². The third-order valence-corrected chi connectivity index (χ3v) is 4.47. The molecule has 0 radical (unpaired) electrons. The van der Waals surface area contributed by atoms with Crippen molar-refractivity contribution in [2.24, 2.45) is 0 Å². The van der Waals surface area contributed by atoms with Crippen molar-refractivity contribution >= 4 is 34.2 Å². The van der Waals surface area contributed by atoms with Crippen molar-refractivity contribution in [3.63, 3.8) is 0 Å². The fourth-order valence-corrected chi connectivity index (χ4v) is 2.48. The van der Waals surface area contributed by atoms with Crippen LogP contribution >= 0.6 is 34.2 Å². The molecule has 100 valence electrons. The predicted octanol–water partition coefficient (Wildman–Crippen LogP) is 4.43. The third kappa shape index (κ3) is 3.91. The summed E-state index contributed by atoms with van der Waals surface area (Å²) in [7, 11) is 0. The average molecular weight is 387 g/mol. The minimum Gasteiger partial charge on any atom is -0.306 e. The van der Waals surface area contributed by atoms with Gasteiger partial charge in [-0.2, -0.15) is 0 Å². The lowest BCUT2D eigenvalue weighted by molar-refractivity contribution is 0.597. The molecule has 19 heavy (non-hydrogen) atoms. The Labute approximate surface area is 132 Å². The van der Waals surface area contributed by atoms with Gasteiger partial charge >= 0.3 is 0 Å². The Kier molecular flexibility index (Phi) is 5.60. The van der Waals surface area contributed by atoms with Crippen LogP contribution in [-0.2, 0) is 0 Å². The molecule has 0 saturated carbocycles. The van der Waals surface area contributed by atoms with Crippen LogP contribution in [0.4, 0.5) is 0 Å². The molecule has 0 bridgehead atoms. The Morgan fingerprint density at radius 2 is 2.16 bits per heavy atom. The molecule has 1 aromatic carbocycles. The van der Waals surface area contributed by atoms with Crippen LogP contribution < -0.4 is 5.32 Å². The van der Waals surface area contributed by atoms with Gasteiger partial charge in [0.15, 0.2) is 0 Å². The summed E-state index contributed by atoms with van der Waals surface area (Å²) in [6, 6.07) is 10.4. The van der Waals surface area contributed by atoms with E-state index in [1.54, 1.807) is 6.20 Å². The first-order chi connectivity index (χ1) is 9.22. The van der Waals surface area contributed by atoms with Gasteiger partial charge in [-0.3, -0.25) is 4.98 Å². The van der Waals surface area contributed by atoms with Crippen LogP contribution in [0.15, 0.2) is 42.7 Å². The van der Waals surface area contributed by atoms with Crippen molar-refractivity contribution in [2.45, 2.75) is 19.4 Å². The molecule has 0 aliphatic rings. The monoisotopic (exact) mass is 386 g/mol. The zero-order chi connectivity index (χ0) is 13.7. The summed E-state index contributed by atoms with van der Waals surface area (Å²) in [5, 5.41) is 4.34. The molecule has 1 atom stereocenters. The molecular weight excluding hydrogens is 371 g/mol. The molecule has 4 heteroatoms. The fraction of sp³-hybridized carbons (Fsp3) is 0.267. The van der Waals surface area contributed by atoms with Crippen molar-refractivity contribution in [2.75, 3.05) is 6.54 Å². The molecule has 0 spiro atoms. The van der Waals surface area contributed by atoms with Gasteiger partial charge in [-0.1, -0.05) is 30.7 Å². The summed E-state index contributed by atoms with van der Waals surface area (Å²) in [5.74, 6) is 0. The second kappa shape index (κ2) is 7.22. The van der Waals surface area contributed by atoms with E-state index in [0.717, 1.165) is 27.1 Å². The first-order valence-corrected chi connectivity index (χ1v) is 7.76. The van der Waals surface area contributed by atoms with E-state index >= 15 is 0 Å². The number of pyridine rings is 1. The molecule has 2 rings (SSSR count). The Morgan fingerprint density at radius 3 is 2.79 bits per heavy atom. The minimum absolute atomic E-state index is 0.142. The second-order valence-corrected chi connectivity index (χ2v) is 5.92. The molecule has 0 aliphatic carbocycles. The molecule has 0 fully saturated rings. The number of rotatable bonds is 5. The van der Waals surface area contributed by atoms with Gasteiger partial charge in [0.2, 0.25) is 0 Å². The lowest BCUT2D eigenvalue weighted by atomic mass is 10.00. The van der Waals surface area contributed by atoms with Crippen LogP contribution in [0, 0.1) is 3.57 Å². The maximum absolute atomic E-state index is 6.23. The van der Waals surface area contributed by atoms with E-state index < -0.39 is 0 Å². The topological polar surface area (TPSA) is 24.9 Å². The number of benzene rings is 1. The van der Waals surface area contributed by atoms with Crippen LogP contribution in [0.2, 0.25) is 5.02 Å². The molecule has 0 saturated heterocycles. The smallest absolute Gasteiger partial charge is 0.0592 e. The van der Waals surface area contributed by atoms with Gasteiger partial charge in [-0.05, 0) is 64.9 Å². The maximum Gasteiger partial charge on any atom is 0.0592 e. The zero-order valence-electron chi connectivity index (χ0n) is 10.7. The summed E-state index contributed by atoms with van der Waals surface area (Å²) in [5.41, 5.74) is 2.33. The highest BCUT2D eigenvalue weighted by molar-refractivity contribution is 14.1.